The Balaban J connectivity index is 0.000000860. The van der Waals surface area contributed by atoms with Crippen molar-refractivity contribution in [3.05, 3.63) is 36.7 Å². The average molecular weight is 755 g/mol. The second kappa shape index (κ2) is 15.5. The number of phosphoric acid groups is 2. The molecule has 0 saturated carbocycles. The van der Waals surface area contributed by atoms with Crippen molar-refractivity contribution in [2.45, 2.75) is 55.5 Å². The summed E-state index contributed by atoms with van der Waals surface area (Å²) in [6, 6.07) is 0. The highest BCUT2D eigenvalue weighted by Crippen LogP contribution is 2.60. The maximum Gasteiger partial charge on any atom is 0.481 e. The van der Waals surface area contributed by atoms with Crippen LogP contribution in [0.4, 0.5) is 5.82 Å². The Kier molecular flexibility index (Phi) is 12.1. The number of ether oxygens (including phenoxy) is 2. The number of nitrogens with two attached hydrogens (primary N) is 2. The van der Waals surface area contributed by atoms with Gasteiger partial charge in [-0.15, -0.1) is 0 Å². The van der Waals surface area contributed by atoms with E-state index in [1.165, 1.54) is 28.2 Å². The van der Waals surface area contributed by atoms with Crippen molar-refractivity contribution in [1.82, 2.24) is 24.4 Å². The topological polar surface area (TPSA) is 392 Å². The van der Waals surface area contributed by atoms with Crippen LogP contribution in [0.5, 0.6) is 0 Å². The van der Waals surface area contributed by atoms with E-state index in [0.29, 0.717) is 0 Å². The number of nitrogen functional groups attached to an aromatic ring is 1. The number of carboxylic acid groups (broad SMARTS) is 2. The number of carbonyl (C=O) groups excluding carboxylic acids is 1. The van der Waals surface area contributed by atoms with Crippen LogP contribution in [0.25, 0.3) is 11.2 Å². The van der Waals surface area contributed by atoms with Crippen LogP contribution in [0, 0.1) is 0 Å². The van der Waals surface area contributed by atoms with Crippen molar-refractivity contribution in [1.29, 1.82) is 0 Å². The van der Waals surface area contributed by atoms with Crippen molar-refractivity contribution < 1.29 is 86.8 Å². The van der Waals surface area contributed by atoms with E-state index in [2.05, 4.69) is 19.3 Å². The SMILES string of the molecule is NC(=O)C1=CN([C@@H]2O[C@H](COP(=O)(O)OP(=O)(O)OC[C@H]3O[C@@H](n4cnc5c(N)ncnc54)[C@H](O)[C@@H]3O)[C@@H](O)[C@H]2O)C=CC1.O=C(O)C(=O)O. The van der Waals surface area contributed by atoms with E-state index < -0.39 is 95.8 Å². The van der Waals surface area contributed by atoms with E-state index in [4.69, 9.17) is 49.8 Å². The Bertz CT molecular complexity index is 1740. The maximum atomic E-state index is 12.4. The molecule has 5 heterocycles. The van der Waals surface area contributed by atoms with E-state index >= 15 is 0 Å². The highest BCUT2D eigenvalue weighted by Gasteiger charge is 2.48. The molecule has 50 heavy (non-hydrogen) atoms. The number of carboxylic acids is 2. The summed E-state index contributed by atoms with van der Waals surface area (Å²) in [6.45, 7) is -1.79. The lowest BCUT2D eigenvalue weighted by atomic mass is 10.1. The summed E-state index contributed by atoms with van der Waals surface area (Å²) in [6.07, 6.45) is -4.88. The fourth-order valence-electron chi connectivity index (χ4n) is 4.68. The molecule has 0 aliphatic carbocycles. The molecule has 2 aromatic heterocycles. The maximum absolute atomic E-state index is 12.4. The van der Waals surface area contributed by atoms with Crippen LogP contribution in [-0.2, 0) is 46.3 Å². The number of fused-ring (bicyclic) bond motifs is 1. The number of allylic oxidation sites excluding steroid dienone is 1. The minimum Gasteiger partial charge on any atom is -0.473 e. The number of hydrogen-bond donors (Lipinski definition) is 10. The Hall–Kier alpha value is -3.94. The molecule has 2 fully saturated rings. The number of aliphatic hydroxyl groups is 4. The van der Waals surface area contributed by atoms with Gasteiger partial charge in [-0.25, -0.2) is 33.7 Å². The first-order chi connectivity index (χ1) is 23.3. The number of phosphoric ester groups is 2. The summed E-state index contributed by atoms with van der Waals surface area (Å²) in [5, 5.41) is 56.4. The van der Waals surface area contributed by atoms with Crippen LogP contribution in [0.2, 0.25) is 0 Å². The molecule has 2 saturated heterocycles. The molecule has 12 N–H and O–H groups in total. The lowest BCUT2D eigenvalue weighted by Gasteiger charge is -2.28. The first-order valence-electron chi connectivity index (χ1n) is 13.8. The number of aliphatic hydroxyl groups excluding tert-OH is 4. The third-order valence-electron chi connectivity index (χ3n) is 7.06. The van der Waals surface area contributed by atoms with Gasteiger partial charge in [-0.1, -0.05) is 6.08 Å². The van der Waals surface area contributed by atoms with Gasteiger partial charge in [0.1, 0.15) is 48.5 Å². The minimum absolute atomic E-state index is 0.0517. The van der Waals surface area contributed by atoms with Gasteiger partial charge in [0.25, 0.3) is 0 Å². The number of hydrogen-bond acceptors (Lipinski definition) is 19. The largest absolute Gasteiger partial charge is 0.481 e. The third-order valence-corrected chi connectivity index (χ3v) is 9.66. The fourth-order valence-corrected chi connectivity index (χ4v) is 6.77. The molecule has 10 atom stereocenters. The molecule has 3 aliphatic rings. The van der Waals surface area contributed by atoms with Crippen LogP contribution in [-0.4, -0.2) is 139 Å². The molecule has 25 nitrogen and oxygen atoms in total. The monoisotopic (exact) mass is 755 g/mol. The number of rotatable bonds is 11. The predicted octanol–water partition coefficient (Wildman–Crippen LogP) is -3.53. The second-order valence-electron chi connectivity index (χ2n) is 10.5. The summed E-state index contributed by atoms with van der Waals surface area (Å²) < 4.78 is 50.8. The van der Waals surface area contributed by atoms with E-state index in [9.17, 15) is 44.1 Å². The van der Waals surface area contributed by atoms with E-state index in [0.717, 1.165) is 6.33 Å². The molecule has 2 unspecified atom stereocenters. The number of aromatic nitrogens is 4. The van der Waals surface area contributed by atoms with Gasteiger partial charge >= 0.3 is 27.6 Å². The predicted molar refractivity (Wildman–Crippen MR) is 157 cm³/mol. The van der Waals surface area contributed by atoms with Gasteiger partial charge in [0.05, 0.1) is 19.5 Å². The van der Waals surface area contributed by atoms with Gasteiger partial charge in [-0.05, 0) is 6.42 Å². The van der Waals surface area contributed by atoms with E-state index in [1.54, 1.807) is 6.08 Å². The minimum atomic E-state index is -5.37. The van der Waals surface area contributed by atoms with E-state index in [-0.39, 0.29) is 29.0 Å². The number of carbonyl (C=O) groups is 3. The highest BCUT2D eigenvalue weighted by molar-refractivity contribution is 7.61. The molecule has 2 aromatic rings. The lowest BCUT2D eigenvalue weighted by molar-refractivity contribution is -0.159. The molecule has 0 spiro atoms. The molecule has 27 heteroatoms. The Morgan fingerprint density at radius 1 is 0.880 bits per heavy atom. The normalized spacial score (nSPS) is 30.2. The first-order valence-corrected chi connectivity index (χ1v) is 16.8. The lowest BCUT2D eigenvalue weighted by Crippen LogP contribution is -2.40. The van der Waals surface area contributed by atoms with Crippen LogP contribution >= 0.6 is 15.6 Å². The van der Waals surface area contributed by atoms with Gasteiger partial charge in [0.15, 0.2) is 23.9 Å². The number of primary amides is 1. The summed E-state index contributed by atoms with van der Waals surface area (Å²) in [5.74, 6) is -4.31. The third kappa shape index (κ3) is 9.04. The molecule has 5 rings (SSSR count). The van der Waals surface area contributed by atoms with Crippen LogP contribution < -0.4 is 11.5 Å². The number of aliphatic carboxylic acids is 2. The fraction of sp³-hybridized carbons (Fsp3) is 0.478. The number of anilines is 1. The zero-order valence-corrected chi connectivity index (χ0v) is 26.9. The first kappa shape index (κ1) is 38.9. The Morgan fingerprint density at radius 2 is 1.42 bits per heavy atom. The molecular weight excluding hydrogens is 724 g/mol. The summed E-state index contributed by atoms with van der Waals surface area (Å²) >= 11 is 0. The van der Waals surface area contributed by atoms with Gasteiger partial charge < -0.3 is 66.3 Å². The molecular formula is C23H31N7O18P2. The number of imidazole rings is 1. The standard InChI is InChI=1S/C21H29N7O14P2.C2H2O4/c22-17-12-19(25-7-24-17)28(8-26-12)21-16(32)14(30)11(41-21)6-39-44(36,37)42-43(34,35)38-5-10-13(29)15(31)20(40-10)27-3-1-2-9(4-27)18(23)33;3-1(4)2(5)6/h1,3-4,7-8,10-11,13-16,20-21,29-32H,2,5-6H2,(H2,23,33)(H,34,35)(H,36,37)(H2,22,24,25);(H,3,4)(H,5,6)/t10-,11-,13-,14-,15-,16-,20-,21-;/m1./s1. The van der Waals surface area contributed by atoms with Crippen LogP contribution in [0.1, 0.15) is 12.6 Å². The summed E-state index contributed by atoms with van der Waals surface area (Å²) in [4.78, 5) is 62.8. The van der Waals surface area contributed by atoms with Crippen molar-refractivity contribution in [2.24, 2.45) is 5.73 Å². The van der Waals surface area contributed by atoms with Gasteiger partial charge in [-0.3, -0.25) is 18.4 Å². The molecule has 0 bridgehead atoms. The quantitative estimate of drug-likeness (QED) is 0.0784. The second-order valence-corrected chi connectivity index (χ2v) is 13.5. The molecule has 3 aliphatic heterocycles. The smallest absolute Gasteiger partial charge is 0.473 e. The zero-order valence-electron chi connectivity index (χ0n) is 25.1. The van der Waals surface area contributed by atoms with Crippen molar-refractivity contribution in [3.8, 4) is 0 Å². The molecule has 276 valence electrons. The van der Waals surface area contributed by atoms with Crippen LogP contribution in [0.3, 0.4) is 0 Å². The Labute approximate surface area is 278 Å². The van der Waals surface area contributed by atoms with Gasteiger partial charge in [0.2, 0.25) is 5.91 Å². The highest BCUT2D eigenvalue weighted by atomic mass is 31.3. The zero-order chi connectivity index (χ0) is 37.1. The van der Waals surface area contributed by atoms with Gasteiger partial charge in [0, 0.05) is 18.0 Å². The van der Waals surface area contributed by atoms with Gasteiger partial charge in [-0.2, -0.15) is 4.31 Å². The summed E-state index contributed by atoms with van der Waals surface area (Å²) in [7, 11) is -10.7. The van der Waals surface area contributed by atoms with E-state index in [1.807, 2.05) is 0 Å². The summed E-state index contributed by atoms with van der Waals surface area (Å²) in [5.41, 5.74) is 11.6. The van der Waals surface area contributed by atoms with Crippen molar-refractivity contribution in [3.63, 3.8) is 0 Å². The Morgan fingerprint density at radius 3 is 1.96 bits per heavy atom. The van der Waals surface area contributed by atoms with Crippen LogP contribution in [0.15, 0.2) is 36.7 Å². The van der Waals surface area contributed by atoms with Crippen molar-refractivity contribution >= 4 is 50.5 Å². The number of nitrogens with zero attached hydrogens (tertiary/aromatic N) is 5. The van der Waals surface area contributed by atoms with Crippen molar-refractivity contribution in [2.75, 3.05) is 18.9 Å². The molecule has 0 aromatic carbocycles. The molecule has 1 amide bonds. The number of amides is 1. The average Bonchev–Trinajstić information content (AvgIpc) is 3.69. The molecule has 0 radical (unpaired) electrons.